The quantitative estimate of drug-likeness (QED) is 0.693. The first-order chi connectivity index (χ1) is 15.5. The van der Waals surface area contributed by atoms with Gasteiger partial charge in [0.2, 0.25) is 5.91 Å². The zero-order chi connectivity index (χ0) is 22.7. The maximum Gasteiger partial charge on any atom is 0.253 e. The number of hydrogen-bond donors (Lipinski definition) is 0. The zero-order valence-corrected chi connectivity index (χ0v) is 18.9. The molecule has 7 heteroatoms. The molecule has 2 aliphatic heterocycles. The summed E-state index contributed by atoms with van der Waals surface area (Å²) in [5.41, 5.74) is 1.51. The van der Waals surface area contributed by atoms with Crippen LogP contribution in [-0.2, 0) is 4.79 Å². The van der Waals surface area contributed by atoms with Gasteiger partial charge in [-0.1, -0.05) is 6.07 Å². The van der Waals surface area contributed by atoms with Gasteiger partial charge in [0, 0.05) is 49.3 Å². The molecule has 170 valence electrons. The molecule has 2 heterocycles. The number of hydrogen-bond acceptors (Lipinski definition) is 5. The third kappa shape index (κ3) is 4.24. The Balaban J connectivity index is 1.64. The molecule has 2 fully saturated rings. The van der Waals surface area contributed by atoms with Crippen molar-refractivity contribution in [3.8, 4) is 17.2 Å². The summed E-state index contributed by atoms with van der Waals surface area (Å²) in [5.74, 6) is 1.65. The van der Waals surface area contributed by atoms with Crippen molar-refractivity contribution in [2.45, 2.75) is 18.8 Å². The Morgan fingerprint density at radius 3 is 2.09 bits per heavy atom. The molecule has 2 aromatic rings. The highest BCUT2D eigenvalue weighted by Crippen LogP contribution is 2.40. The lowest BCUT2D eigenvalue weighted by Crippen LogP contribution is -2.37. The van der Waals surface area contributed by atoms with E-state index in [1.165, 1.54) is 0 Å². The van der Waals surface area contributed by atoms with Crippen molar-refractivity contribution < 1.29 is 23.8 Å². The highest BCUT2D eigenvalue weighted by molar-refractivity contribution is 5.95. The summed E-state index contributed by atoms with van der Waals surface area (Å²) in [6, 6.07) is 12.7. The molecule has 4 rings (SSSR count). The molecule has 0 aliphatic carbocycles. The molecule has 0 bridgehead atoms. The highest BCUT2D eigenvalue weighted by atomic mass is 16.5. The van der Waals surface area contributed by atoms with E-state index in [0.29, 0.717) is 35.9 Å². The first kappa shape index (κ1) is 22.0. The molecule has 0 radical (unpaired) electrons. The third-order valence-corrected chi connectivity index (χ3v) is 6.52. The Morgan fingerprint density at radius 2 is 1.47 bits per heavy atom. The number of benzene rings is 2. The lowest BCUT2D eigenvalue weighted by molar-refractivity contribution is -0.134. The van der Waals surface area contributed by atoms with Gasteiger partial charge >= 0.3 is 0 Å². The Hall–Kier alpha value is -3.22. The molecule has 0 N–H and O–H groups in total. The third-order valence-electron chi connectivity index (χ3n) is 6.52. The number of rotatable bonds is 6. The van der Waals surface area contributed by atoms with E-state index in [9.17, 15) is 9.59 Å². The topological polar surface area (TPSA) is 68.3 Å². The van der Waals surface area contributed by atoms with Crippen LogP contribution in [0.15, 0.2) is 42.5 Å². The molecule has 0 unspecified atom stereocenters. The molecular weight excluding hydrogens is 408 g/mol. The van der Waals surface area contributed by atoms with Gasteiger partial charge in [0.1, 0.15) is 17.2 Å². The summed E-state index contributed by atoms with van der Waals surface area (Å²) >= 11 is 0. The van der Waals surface area contributed by atoms with Gasteiger partial charge in [0.25, 0.3) is 5.91 Å². The summed E-state index contributed by atoms with van der Waals surface area (Å²) < 4.78 is 16.2. The van der Waals surface area contributed by atoms with Crippen molar-refractivity contribution >= 4 is 11.8 Å². The van der Waals surface area contributed by atoms with Crippen LogP contribution in [0.2, 0.25) is 0 Å². The normalized spacial score (nSPS) is 20.3. The number of carbonyl (C=O) groups excluding carboxylic acids is 2. The van der Waals surface area contributed by atoms with E-state index in [-0.39, 0.29) is 23.7 Å². The SMILES string of the molecule is COc1ccc(C(=O)N2C[C@@H](C(=O)N3CCCC3)[C@H](c3ccc(OC)cc3OC)C2)cc1. The Labute approximate surface area is 188 Å². The van der Waals surface area contributed by atoms with Gasteiger partial charge in [-0.15, -0.1) is 0 Å². The summed E-state index contributed by atoms with van der Waals surface area (Å²) in [4.78, 5) is 30.5. The fraction of sp³-hybridized carbons (Fsp3) is 0.440. The van der Waals surface area contributed by atoms with Crippen LogP contribution >= 0.6 is 0 Å². The average molecular weight is 439 g/mol. The van der Waals surface area contributed by atoms with Gasteiger partial charge in [0.15, 0.2) is 0 Å². The molecule has 0 aromatic heterocycles. The minimum Gasteiger partial charge on any atom is -0.497 e. The second-order valence-corrected chi connectivity index (χ2v) is 8.29. The standard InChI is InChI=1S/C25H30N2O5/c1-30-18-8-6-17(7-9-18)24(28)27-15-21(20-11-10-19(31-2)14-23(20)32-3)22(16-27)25(29)26-12-4-5-13-26/h6-11,14,21-22H,4-5,12-13,15-16H2,1-3H3/t21-,22+/m0/s1. The second-order valence-electron chi connectivity index (χ2n) is 8.29. The lowest BCUT2D eigenvalue weighted by Gasteiger charge is -2.25. The van der Waals surface area contributed by atoms with Crippen LogP contribution in [0, 0.1) is 5.92 Å². The van der Waals surface area contributed by atoms with E-state index < -0.39 is 0 Å². The molecule has 0 spiro atoms. The number of ether oxygens (including phenoxy) is 3. The molecule has 2 amide bonds. The van der Waals surface area contributed by atoms with Gasteiger partial charge in [-0.2, -0.15) is 0 Å². The highest BCUT2D eigenvalue weighted by Gasteiger charge is 2.43. The molecule has 2 aromatic carbocycles. The maximum absolute atomic E-state index is 13.4. The van der Waals surface area contributed by atoms with E-state index in [4.69, 9.17) is 14.2 Å². The Morgan fingerprint density at radius 1 is 0.812 bits per heavy atom. The van der Waals surface area contributed by atoms with Gasteiger partial charge in [-0.3, -0.25) is 9.59 Å². The molecular formula is C25H30N2O5. The fourth-order valence-electron chi connectivity index (χ4n) is 4.75. The molecule has 32 heavy (non-hydrogen) atoms. The van der Waals surface area contributed by atoms with Crippen LogP contribution < -0.4 is 14.2 Å². The number of amides is 2. The number of carbonyl (C=O) groups is 2. The van der Waals surface area contributed by atoms with Gasteiger partial charge in [-0.05, 0) is 43.2 Å². The number of methoxy groups -OCH3 is 3. The van der Waals surface area contributed by atoms with Crippen molar-refractivity contribution in [1.29, 1.82) is 0 Å². The van der Waals surface area contributed by atoms with Crippen molar-refractivity contribution in [3.63, 3.8) is 0 Å². The molecule has 7 nitrogen and oxygen atoms in total. The average Bonchev–Trinajstić information content (AvgIpc) is 3.53. The number of nitrogens with zero attached hydrogens (tertiary/aromatic N) is 2. The summed E-state index contributed by atoms with van der Waals surface area (Å²) in [7, 11) is 4.82. The van der Waals surface area contributed by atoms with Gasteiger partial charge in [-0.25, -0.2) is 0 Å². The Kier molecular flexibility index (Phi) is 6.53. The van der Waals surface area contributed by atoms with Crippen LogP contribution in [0.3, 0.4) is 0 Å². The number of likely N-dealkylation sites (tertiary alicyclic amines) is 2. The largest absolute Gasteiger partial charge is 0.497 e. The summed E-state index contributed by atoms with van der Waals surface area (Å²) in [5, 5.41) is 0. The smallest absolute Gasteiger partial charge is 0.253 e. The minimum absolute atomic E-state index is 0.0816. The first-order valence-corrected chi connectivity index (χ1v) is 11.0. The van der Waals surface area contributed by atoms with Gasteiger partial charge in [0.05, 0.1) is 27.2 Å². The van der Waals surface area contributed by atoms with E-state index in [0.717, 1.165) is 31.5 Å². The van der Waals surface area contributed by atoms with Crippen LogP contribution in [0.5, 0.6) is 17.2 Å². The molecule has 0 saturated carbocycles. The van der Waals surface area contributed by atoms with Crippen LogP contribution in [0.4, 0.5) is 0 Å². The van der Waals surface area contributed by atoms with Crippen molar-refractivity contribution in [2.75, 3.05) is 47.5 Å². The second kappa shape index (κ2) is 9.51. The van der Waals surface area contributed by atoms with Crippen LogP contribution in [0.25, 0.3) is 0 Å². The fourth-order valence-corrected chi connectivity index (χ4v) is 4.75. The van der Waals surface area contributed by atoms with Crippen molar-refractivity contribution in [1.82, 2.24) is 9.80 Å². The van der Waals surface area contributed by atoms with Crippen LogP contribution in [-0.4, -0.2) is 69.1 Å². The Bertz CT molecular complexity index is 969. The summed E-state index contributed by atoms with van der Waals surface area (Å²) in [6.45, 7) is 2.42. The maximum atomic E-state index is 13.4. The van der Waals surface area contributed by atoms with E-state index in [1.807, 2.05) is 23.1 Å². The van der Waals surface area contributed by atoms with Crippen LogP contribution in [0.1, 0.15) is 34.7 Å². The van der Waals surface area contributed by atoms with E-state index in [2.05, 4.69) is 0 Å². The predicted octanol–water partition coefficient (Wildman–Crippen LogP) is 3.19. The zero-order valence-electron chi connectivity index (χ0n) is 18.9. The van der Waals surface area contributed by atoms with Crippen molar-refractivity contribution in [2.24, 2.45) is 5.92 Å². The van der Waals surface area contributed by atoms with Crippen molar-refractivity contribution in [3.05, 3.63) is 53.6 Å². The molecule has 2 saturated heterocycles. The monoisotopic (exact) mass is 438 g/mol. The summed E-state index contributed by atoms with van der Waals surface area (Å²) in [6.07, 6.45) is 2.06. The molecule has 2 atom stereocenters. The first-order valence-electron chi connectivity index (χ1n) is 11.0. The van der Waals surface area contributed by atoms with Gasteiger partial charge < -0.3 is 24.0 Å². The molecule has 2 aliphatic rings. The minimum atomic E-state index is -0.308. The van der Waals surface area contributed by atoms with E-state index >= 15 is 0 Å². The predicted molar refractivity (Wildman–Crippen MR) is 120 cm³/mol. The lowest BCUT2D eigenvalue weighted by atomic mass is 9.87. The van der Waals surface area contributed by atoms with E-state index in [1.54, 1.807) is 50.5 Å².